The largest absolute Gasteiger partial charge is 0.507 e. The number of ether oxygens (including phenoxy) is 2. The van der Waals surface area contributed by atoms with Gasteiger partial charge in [0, 0.05) is 25.0 Å². The summed E-state index contributed by atoms with van der Waals surface area (Å²) in [5, 5.41) is 11.5. The Balaban J connectivity index is 2.16. The fourth-order valence-electron chi connectivity index (χ4n) is 3.75. The summed E-state index contributed by atoms with van der Waals surface area (Å²) in [6, 6.07) is 5.66. The summed E-state index contributed by atoms with van der Waals surface area (Å²) >= 11 is 6.27. The molecule has 0 spiro atoms. The van der Waals surface area contributed by atoms with Crippen LogP contribution in [-0.2, 0) is 9.59 Å². The lowest BCUT2D eigenvalue weighted by Crippen LogP contribution is -2.32. The predicted octanol–water partition coefficient (Wildman–Crippen LogP) is 3.13. The molecule has 8 nitrogen and oxygen atoms in total. The summed E-state index contributed by atoms with van der Waals surface area (Å²) in [7, 11) is 6.77. The standard InChI is InChI=1S/C23H26ClN3O5/c1-26(2)10-5-11-27-20(14-6-8-25-9-7-14)19(22(29)23(27)30)21(28)15-12-16(24)18(32-4)13-17(15)31-3/h6-9,12-13,20,28H,5,10-11H2,1-4H3/b21-19+. The van der Waals surface area contributed by atoms with Gasteiger partial charge >= 0.3 is 0 Å². The summed E-state index contributed by atoms with van der Waals surface area (Å²) in [5.74, 6) is -1.17. The molecule has 1 N–H and O–H groups in total. The predicted molar refractivity (Wildman–Crippen MR) is 121 cm³/mol. The van der Waals surface area contributed by atoms with Crippen molar-refractivity contribution in [3.8, 4) is 11.5 Å². The first-order valence-electron chi connectivity index (χ1n) is 10.0. The summed E-state index contributed by atoms with van der Waals surface area (Å²) in [4.78, 5) is 33.6. The SMILES string of the molecule is COc1cc(OC)c(/C(O)=C2\C(=O)C(=O)N(CCCN(C)C)C2c2ccncc2)cc1Cl. The average Bonchev–Trinajstić information content (AvgIpc) is 3.03. The van der Waals surface area contributed by atoms with Gasteiger partial charge in [-0.25, -0.2) is 0 Å². The lowest BCUT2D eigenvalue weighted by Gasteiger charge is -2.26. The van der Waals surface area contributed by atoms with Gasteiger partial charge in [0.15, 0.2) is 0 Å². The van der Waals surface area contributed by atoms with Gasteiger partial charge in [0.25, 0.3) is 11.7 Å². The molecule has 32 heavy (non-hydrogen) atoms. The Bertz CT molecular complexity index is 1040. The second-order valence-corrected chi connectivity index (χ2v) is 8.02. The minimum Gasteiger partial charge on any atom is -0.507 e. The highest BCUT2D eigenvalue weighted by molar-refractivity contribution is 6.46. The molecular weight excluding hydrogens is 434 g/mol. The fourth-order valence-corrected chi connectivity index (χ4v) is 3.99. The molecule has 1 aliphatic heterocycles. The van der Waals surface area contributed by atoms with E-state index in [1.807, 2.05) is 19.0 Å². The van der Waals surface area contributed by atoms with Crippen LogP contribution < -0.4 is 9.47 Å². The maximum Gasteiger partial charge on any atom is 0.295 e. The van der Waals surface area contributed by atoms with Crippen molar-refractivity contribution < 1.29 is 24.2 Å². The number of Topliss-reactive ketones (excluding diaryl/α,β-unsaturated/α-hetero) is 1. The van der Waals surface area contributed by atoms with Crippen molar-refractivity contribution in [3.05, 3.63) is 58.4 Å². The van der Waals surface area contributed by atoms with Gasteiger partial charge in [-0.1, -0.05) is 11.6 Å². The molecule has 2 aromatic rings. The molecule has 1 fully saturated rings. The van der Waals surface area contributed by atoms with Gasteiger partial charge in [-0.2, -0.15) is 0 Å². The van der Waals surface area contributed by atoms with Crippen LogP contribution in [0.5, 0.6) is 11.5 Å². The lowest BCUT2D eigenvalue weighted by molar-refractivity contribution is -0.139. The van der Waals surface area contributed by atoms with Crippen molar-refractivity contribution >= 4 is 29.1 Å². The molecule has 0 saturated carbocycles. The van der Waals surface area contributed by atoms with Crippen LogP contribution in [0.15, 0.2) is 42.2 Å². The number of methoxy groups -OCH3 is 2. The van der Waals surface area contributed by atoms with Crippen LogP contribution in [0, 0.1) is 0 Å². The van der Waals surface area contributed by atoms with E-state index >= 15 is 0 Å². The van der Waals surface area contributed by atoms with Gasteiger partial charge in [-0.05, 0) is 50.8 Å². The van der Waals surface area contributed by atoms with E-state index in [4.69, 9.17) is 21.1 Å². The minimum atomic E-state index is -0.761. The monoisotopic (exact) mass is 459 g/mol. The fraction of sp³-hybridized carbons (Fsp3) is 0.348. The third-order valence-corrected chi connectivity index (χ3v) is 5.59. The van der Waals surface area contributed by atoms with Crippen molar-refractivity contribution in [1.82, 2.24) is 14.8 Å². The molecule has 170 valence electrons. The van der Waals surface area contributed by atoms with Crippen LogP contribution in [0.4, 0.5) is 0 Å². The van der Waals surface area contributed by atoms with Crippen LogP contribution in [-0.4, -0.2) is 73.0 Å². The molecular formula is C23H26ClN3O5. The first-order valence-corrected chi connectivity index (χ1v) is 10.4. The van der Waals surface area contributed by atoms with E-state index in [9.17, 15) is 14.7 Å². The average molecular weight is 460 g/mol. The molecule has 3 rings (SSSR count). The Morgan fingerprint density at radius 3 is 2.41 bits per heavy atom. The number of pyridine rings is 1. The molecule has 1 aromatic heterocycles. The molecule has 1 saturated heterocycles. The first-order chi connectivity index (χ1) is 15.3. The zero-order chi connectivity index (χ0) is 23.4. The number of benzene rings is 1. The summed E-state index contributed by atoms with van der Waals surface area (Å²) < 4.78 is 10.6. The molecule has 0 bridgehead atoms. The number of hydrogen-bond donors (Lipinski definition) is 1. The maximum atomic E-state index is 13.1. The number of rotatable bonds is 8. The number of carbonyl (C=O) groups is 2. The Labute approximate surface area is 192 Å². The number of nitrogens with zero attached hydrogens (tertiary/aromatic N) is 3. The Morgan fingerprint density at radius 1 is 1.16 bits per heavy atom. The number of aromatic nitrogens is 1. The van der Waals surface area contributed by atoms with Crippen molar-refractivity contribution in [1.29, 1.82) is 0 Å². The first kappa shape index (κ1) is 23.6. The minimum absolute atomic E-state index is 0.0226. The molecule has 1 amide bonds. The maximum absolute atomic E-state index is 13.1. The van der Waals surface area contributed by atoms with E-state index in [0.29, 0.717) is 24.3 Å². The Morgan fingerprint density at radius 2 is 1.81 bits per heavy atom. The zero-order valence-corrected chi connectivity index (χ0v) is 19.2. The molecule has 1 unspecified atom stereocenters. The molecule has 0 aliphatic carbocycles. The molecule has 1 aliphatic rings. The van der Waals surface area contributed by atoms with Crippen LogP contribution in [0.25, 0.3) is 5.76 Å². The number of aliphatic hydroxyl groups excluding tert-OH is 1. The quantitative estimate of drug-likeness (QED) is 0.368. The zero-order valence-electron chi connectivity index (χ0n) is 18.5. The van der Waals surface area contributed by atoms with Crippen LogP contribution >= 0.6 is 11.6 Å². The van der Waals surface area contributed by atoms with Gasteiger partial charge in [-0.3, -0.25) is 14.6 Å². The summed E-state index contributed by atoms with van der Waals surface area (Å²) in [6.07, 6.45) is 3.83. The third-order valence-electron chi connectivity index (χ3n) is 5.30. The van der Waals surface area contributed by atoms with Crippen molar-refractivity contribution in [2.24, 2.45) is 0 Å². The Hall–Kier alpha value is -3.10. The van der Waals surface area contributed by atoms with Gasteiger partial charge in [0.05, 0.1) is 36.4 Å². The number of halogens is 1. The van der Waals surface area contributed by atoms with E-state index < -0.39 is 17.7 Å². The number of hydrogen-bond acceptors (Lipinski definition) is 7. The number of likely N-dealkylation sites (tertiary alicyclic amines) is 1. The lowest BCUT2D eigenvalue weighted by atomic mass is 9.95. The second-order valence-electron chi connectivity index (χ2n) is 7.62. The molecule has 2 heterocycles. The topological polar surface area (TPSA) is 92.2 Å². The number of aliphatic hydroxyl groups is 1. The highest BCUT2D eigenvalue weighted by atomic mass is 35.5. The highest BCUT2D eigenvalue weighted by Gasteiger charge is 2.46. The van der Waals surface area contributed by atoms with Crippen LogP contribution in [0.1, 0.15) is 23.6 Å². The van der Waals surface area contributed by atoms with Crippen molar-refractivity contribution in [3.63, 3.8) is 0 Å². The van der Waals surface area contributed by atoms with Crippen LogP contribution in [0.2, 0.25) is 5.02 Å². The molecule has 9 heteroatoms. The van der Waals surface area contributed by atoms with Gasteiger partial charge in [-0.15, -0.1) is 0 Å². The normalized spacial score (nSPS) is 17.8. The van der Waals surface area contributed by atoms with Gasteiger partial charge < -0.3 is 24.4 Å². The van der Waals surface area contributed by atoms with Crippen molar-refractivity contribution in [2.45, 2.75) is 12.5 Å². The van der Waals surface area contributed by atoms with Gasteiger partial charge in [0.2, 0.25) is 0 Å². The number of carbonyl (C=O) groups excluding carboxylic acids is 2. The molecule has 1 atom stereocenters. The molecule has 0 radical (unpaired) electrons. The van der Waals surface area contributed by atoms with E-state index in [2.05, 4.69) is 4.98 Å². The van der Waals surface area contributed by atoms with E-state index in [0.717, 1.165) is 6.54 Å². The van der Waals surface area contributed by atoms with Gasteiger partial charge in [0.1, 0.15) is 17.3 Å². The van der Waals surface area contributed by atoms with E-state index in [1.165, 1.54) is 31.3 Å². The third kappa shape index (κ3) is 4.56. The second kappa shape index (κ2) is 10.0. The van der Waals surface area contributed by atoms with Crippen LogP contribution in [0.3, 0.4) is 0 Å². The van der Waals surface area contributed by atoms with E-state index in [1.54, 1.807) is 24.5 Å². The summed E-state index contributed by atoms with van der Waals surface area (Å²) in [5.41, 5.74) is 0.846. The Kier molecular flexibility index (Phi) is 7.37. The number of ketones is 1. The smallest absolute Gasteiger partial charge is 0.295 e. The van der Waals surface area contributed by atoms with E-state index in [-0.39, 0.29) is 27.7 Å². The molecule has 1 aromatic carbocycles. The van der Waals surface area contributed by atoms with Crippen molar-refractivity contribution in [2.75, 3.05) is 41.4 Å². The summed E-state index contributed by atoms with van der Waals surface area (Å²) in [6.45, 7) is 1.10. The number of amides is 1. The highest BCUT2D eigenvalue weighted by Crippen LogP contribution is 2.42.